The van der Waals surface area contributed by atoms with Crippen LogP contribution in [-0.2, 0) is 0 Å². The first-order chi connectivity index (χ1) is 7.63. The zero-order valence-electron chi connectivity index (χ0n) is 8.42. The van der Waals surface area contributed by atoms with E-state index in [1.165, 1.54) is 19.4 Å². The summed E-state index contributed by atoms with van der Waals surface area (Å²) in [5.41, 5.74) is 6.75. The number of nitrogen functional groups attached to an aromatic ring is 1. The molecular weight excluding hydrogens is 277 g/mol. The van der Waals surface area contributed by atoms with Gasteiger partial charge in [0.2, 0.25) is 0 Å². The van der Waals surface area contributed by atoms with Crippen molar-refractivity contribution >= 4 is 21.6 Å². The molecule has 1 aromatic heterocycles. The van der Waals surface area contributed by atoms with Crippen molar-refractivity contribution in [2.45, 2.75) is 0 Å². The minimum atomic E-state index is -0.429. The summed E-state index contributed by atoms with van der Waals surface area (Å²) in [4.78, 5) is 0. The fourth-order valence-corrected chi connectivity index (χ4v) is 1.86. The Morgan fingerprint density at radius 1 is 1.50 bits per heavy atom. The molecule has 84 valence electrons. The Labute approximate surface area is 99.7 Å². The summed E-state index contributed by atoms with van der Waals surface area (Å²) < 4.78 is 19.5. The summed E-state index contributed by atoms with van der Waals surface area (Å²) in [6.07, 6.45) is 1.43. The number of nitrogens with two attached hydrogens (primary N) is 1. The molecule has 0 unspecified atom stereocenters. The summed E-state index contributed by atoms with van der Waals surface area (Å²) in [7, 11) is 1.47. The number of nitrogens with zero attached hydrogens (tertiary/aromatic N) is 1. The number of nitrogens with one attached hydrogen (secondary N) is 1. The molecule has 0 spiro atoms. The van der Waals surface area contributed by atoms with Crippen LogP contribution in [0.4, 0.5) is 10.1 Å². The molecule has 0 aliphatic carbocycles. The minimum Gasteiger partial charge on any atom is -0.496 e. The van der Waals surface area contributed by atoms with Crippen molar-refractivity contribution in [3.63, 3.8) is 0 Å². The molecule has 0 bridgehead atoms. The lowest BCUT2D eigenvalue weighted by molar-refractivity contribution is 0.413. The Bertz CT molecular complexity index is 527. The minimum absolute atomic E-state index is 0.278. The maximum absolute atomic E-state index is 13.8. The van der Waals surface area contributed by atoms with Gasteiger partial charge in [-0.25, -0.2) is 4.39 Å². The van der Waals surface area contributed by atoms with E-state index >= 15 is 0 Å². The van der Waals surface area contributed by atoms with Gasteiger partial charge in [0.05, 0.1) is 30.3 Å². The van der Waals surface area contributed by atoms with E-state index in [1.807, 2.05) is 0 Å². The van der Waals surface area contributed by atoms with Gasteiger partial charge in [0.25, 0.3) is 0 Å². The third-order valence-corrected chi connectivity index (χ3v) is 2.62. The van der Waals surface area contributed by atoms with E-state index < -0.39 is 5.82 Å². The molecule has 0 radical (unpaired) electrons. The number of benzene rings is 1. The van der Waals surface area contributed by atoms with Crippen LogP contribution in [-0.4, -0.2) is 17.3 Å². The summed E-state index contributed by atoms with van der Waals surface area (Å²) in [6.45, 7) is 0. The van der Waals surface area contributed by atoms with Crippen molar-refractivity contribution in [2.24, 2.45) is 0 Å². The van der Waals surface area contributed by atoms with Crippen molar-refractivity contribution in [3.05, 3.63) is 28.6 Å². The Morgan fingerprint density at radius 2 is 2.25 bits per heavy atom. The molecular formula is C10H9BrFN3O. The lowest BCUT2D eigenvalue weighted by atomic mass is 10.1. The zero-order chi connectivity index (χ0) is 11.7. The summed E-state index contributed by atoms with van der Waals surface area (Å²) in [5, 5.41) is 6.40. The van der Waals surface area contributed by atoms with Crippen molar-refractivity contribution in [1.29, 1.82) is 0 Å². The van der Waals surface area contributed by atoms with E-state index in [0.29, 0.717) is 21.6 Å². The van der Waals surface area contributed by atoms with Gasteiger partial charge in [-0.1, -0.05) is 15.9 Å². The van der Waals surface area contributed by atoms with Crippen molar-refractivity contribution in [2.75, 3.05) is 12.8 Å². The van der Waals surface area contributed by atoms with Gasteiger partial charge in [-0.15, -0.1) is 0 Å². The third kappa shape index (κ3) is 1.76. The quantitative estimate of drug-likeness (QED) is 0.891. The first kappa shape index (κ1) is 10.9. The highest BCUT2D eigenvalue weighted by Crippen LogP contribution is 2.36. The van der Waals surface area contributed by atoms with Gasteiger partial charge >= 0.3 is 0 Å². The molecule has 0 aliphatic rings. The molecule has 4 nitrogen and oxygen atoms in total. The van der Waals surface area contributed by atoms with Crippen LogP contribution >= 0.6 is 15.9 Å². The van der Waals surface area contributed by atoms with Crippen molar-refractivity contribution in [3.8, 4) is 17.0 Å². The average Bonchev–Trinajstić information content (AvgIpc) is 2.63. The molecule has 0 saturated heterocycles. The third-order valence-electron chi connectivity index (χ3n) is 2.16. The van der Waals surface area contributed by atoms with Crippen LogP contribution in [0.5, 0.6) is 5.75 Å². The van der Waals surface area contributed by atoms with E-state index in [-0.39, 0.29) is 5.56 Å². The zero-order valence-corrected chi connectivity index (χ0v) is 10.0. The fourth-order valence-electron chi connectivity index (χ4n) is 1.45. The van der Waals surface area contributed by atoms with Crippen LogP contribution < -0.4 is 10.5 Å². The molecule has 0 amide bonds. The van der Waals surface area contributed by atoms with Crippen LogP contribution in [0.1, 0.15) is 0 Å². The van der Waals surface area contributed by atoms with Crippen molar-refractivity contribution < 1.29 is 9.13 Å². The molecule has 1 aromatic carbocycles. The van der Waals surface area contributed by atoms with Crippen LogP contribution in [0.15, 0.2) is 22.8 Å². The highest BCUT2D eigenvalue weighted by molar-refractivity contribution is 9.10. The Kier molecular flexibility index (Phi) is 2.82. The maximum Gasteiger partial charge on any atom is 0.137 e. The molecule has 16 heavy (non-hydrogen) atoms. The lowest BCUT2D eigenvalue weighted by Gasteiger charge is -2.09. The van der Waals surface area contributed by atoms with Gasteiger partial charge in [0.15, 0.2) is 0 Å². The molecule has 0 fully saturated rings. The lowest BCUT2D eigenvalue weighted by Crippen LogP contribution is -1.95. The number of aromatic nitrogens is 2. The first-order valence-electron chi connectivity index (χ1n) is 4.45. The number of rotatable bonds is 2. The van der Waals surface area contributed by atoms with Gasteiger partial charge in [0.1, 0.15) is 11.6 Å². The first-order valence-corrected chi connectivity index (χ1v) is 5.25. The van der Waals surface area contributed by atoms with Crippen LogP contribution in [0.25, 0.3) is 11.3 Å². The van der Waals surface area contributed by atoms with E-state index in [4.69, 9.17) is 10.5 Å². The van der Waals surface area contributed by atoms with Gasteiger partial charge in [0, 0.05) is 4.47 Å². The topological polar surface area (TPSA) is 63.9 Å². The van der Waals surface area contributed by atoms with Gasteiger partial charge in [-0.2, -0.15) is 5.10 Å². The summed E-state index contributed by atoms with van der Waals surface area (Å²) in [6, 6.07) is 3.01. The van der Waals surface area contributed by atoms with E-state index in [2.05, 4.69) is 26.1 Å². The number of hydrogen-bond donors (Lipinski definition) is 2. The Hall–Kier alpha value is -1.56. The summed E-state index contributed by atoms with van der Waals surface area (Å²) >= 11 is 3.19. The van der Waals surface area contributed by atoms with Gasteiger partial charge in [-0.05, 0) is 12.1 Å². The standard InChI is InChI=1S/C10H9BrFN3O/c1-16-8-3-5(11)2-6(12)9(8)10-7(13)4-14-15-10/h2-4H,13H2,1H3,(H,14,15). The van der Waals surface area contributed by atoms with E-state index in [1.54, 1.807) is 6.07 Å². The van der Waals surface area contributed by atoms with Crippen LogP contribution in [0, 0.1) is 5.82 Å². The highest BCUT2D eigenvalue weighted by Gasteiger charge is 2.16. The highest BCUT2D eigenvalue weighted by atomic mass is 79.9. The second-order valence-corrected chi connectivity index (χ2v) is 4.08. The molecule has 3 N–H and O–H groups in total. The number of H-pyrrole nitrogens is 1. The Balaban J connectivity index is 2.69. The SMILES string of the molecule is COc1cc(Br)cc(F)c1-c1[nH]ncc1N. The second kappa shape index (κ2) is 4.13. The van der Waals surface area contributed by atoms with Gasteiger partial charge < -0.3 is 10.5 Å². The monoisotopic (exact) mass is 285 g/mol. The molecule has 2 aromatic rings. The van der Waals surface area contributed by atoms with E-state index in [0.717, 1.165) is 0 Å². The number of ether oxygens (including phenoxy) is 1. The molecule has 0 saturated carbocycles. The van der Waals surface area contributed by atoms with E-state index in [9.17, 15) is 4.39 Å². The number of halogens is 2. The predicted octanol–water partition coefficient (Wildman–Crippen LogP) is 2.57. The maximum atomic E-state index is 13.8. The predicted molar refractivity (Wildman–Crippen MR) is 62.6 cm³/mol. The van der Waals surface area contributed by atoms with Gasteiger partial charge in [-0.3, -0.25) is 5.10 Å². The molecule has 0 aliphatic heterocycles. The smallest absolute Gasteiger partial charge is 0.137 e. The normalized spacial score (nSPS) is 10.4. The summed E-state index contributed by atoms with van der Waals surface area (Å²) in [5.74, 6) is -0.0370. The molecule has 1 heterocycles. The largest absolute Gasteiger partial charge is 0.496 e. The molecule has 0 atom stereocenters. The van der Waals surface area contributed by atoms with Crippen LogP contribution in [0.2, 0.25) is 0 Å². The van der Waals surface area contributed by atoms with Crippen molar-refractivity contribution in [1.82, 2.24) is 10.2 Å². The number of anilines is 1. The Morgan fingerprint density at radius 3 is 2.81 bits per heavy atom. The average molecular weight is 286 g/mol. The number of hydrogen-bond acceptors (Lipinski definition) is 3. The number of aromatic amines is 1. The molecule has 2 rings (SSSR count). The fraction of sp³-hybridized carbons (Fsp3) is 0.100. The second-order valence-electron chi connectivity index (χ2n) is 3.17. The molecule has 6 heteroatoms. The number of methoxy groups -OCH3 is 1. The van der Waals surface area contributed by atoms with Crippen LogP contribution in [0.3, 0.4) is 0 Å².